The third kappa shape index (κ3) is 2.42. The van der Waals surface area contributed by atoms with Gasteiger partial charge < -0.3 is 4.74 Å². The first-order chi connectivity index (χ1) is 5.86. The smallest absolute Gasteiger partial charge is 0.0830 e. The second-order valence-corrected chi connectivity index (χ2v) is 2.63. The molecule has 0 N–H and O–H groups in total. The maximum absolute atomic E-state index is 4.82. The molecular weight excluding hydrogens is 148 g/mol. The number of ether oxygens (including phenoxy) is 1. The normalized spacial score (nSPS) is 10.5. The third-order valence-electron chi connectivity index (χ3n) is 1.78. The van der Waals surface area contributed by atoms with E-state index in [-0.39, 0.29) is 0 Å². The summed E-state index contributed by atoms with van der Waals surface area (Å²) in [4.78, 5) is 0. The lowest BCUT2D eigenvalue weighted by Crippen LogP contribution is -1.79. The molecule has 0 bridgehead atoms. The van der Waals surface area contributed by atoms with Gasteiger partial charge in [0, 0.05) is 0 Å². The van der Waals surface area contributed by atoms with Crippen LogP contribution < -0.4 is 0 Å². The Labute approximate surface area is 73.7 Å². The third-order valence-corrected chi connectivity index (χ3v) is 1.78. The molecule has 0 saturated carbocycles. The average molecular weight is 162 g/mol. The molecule has 0 saturated heterocycles. The molecule has 0 fully saturated rings. The Kier molecular flexibility index (Phi) is 3.39. The van der Waals surface area contributed by atoms with Crippen LogP contribution in [0.3, 0.4) is 0 Å². The van der Waals surface area contributed by atoms with E-state index in [1.165, 1.54) is 11.1 Å². The molecule has 1 rings (SSSR count). The summed E-state index contributed by atoms with van der Waals surface area (Å²) in [7, 11) is 1.65. The van der Waals surface area contributed by atoms with Crippen LogP contribution in [0.15, 0.2) is 30.5 Å². The lowest BCUT2D eigenvalue weighted by Gasteiger charge is -1.96. The largest absolute Gasteiger partial charge is 0.504 e. The number of aryl methyl sites for hydroxylation is 1. The Morgan fingerprint density at radius 1 is 1.25 bits per heavy atom. The average Bonchev–Trinajstić information content (AvgIpc) is 2.15. The van der Waals surface area contributed by atoms with Crippen LogP contribution in [0.1, 0.15) is 18.1 Å². The zero-order chi connectivity index (χ0) is 8.81. The van der Waals surface area contributed by atoms with Crippen molar-refractivity contribution in [3.05, 3.63) is 41.7 Å². The Hall–Kier alpha value is -1.24. The molecule has 0 unspecified atom stereocenters. The highest BCUT2D eigenvalue weighted by Gasteiger charge is 1.87. The van der Waals surface area contributed by atoms with Gasteiger partial charge in [-0.2, -0.15) is 0 Å². The van der Waals surface area contributed by atoms with Crippen molar-refractivity contribution < 1.29 is 4.74 Å². The summed E-state index contributed by atoms with van der Waals surface area (Å²) in [6.07, 6.45) is 4.72. The van der Waals surface area contributed by atoms with Crippen molar-refractivity contribution in [1.82, 2.24) is 0 Å². The lowest BCUT2D eigenvalue weighted by molar-refractivity contribution is 0.341. The molecule has 0 aliphatic rings. The van der Waals surface area contributed by atoms with Crippen LogP contribution in [0.5, 0.6) is 0 Å². The van der Waals surface area contributed by atoms with E-state index in [2.05, 4.69) is 31.2 Å². The fourth-order valence-electron chi connectivity index (χ4n) is 1.01. The quantitative estimate of drug-likeness (QED) is 0.621. The summed E-state index contributed by atoms with van der Waals surface area (Å²) in [6.45, 7) is 2.15. The van der Waals surface area contributed by atoms with E-state index >= 15 is 0 Å². The van der Waals surface area contributed by atoms with E-state index in [1.807, 2.05) is 6.08 Å². The van der Waals surface area contributed by atoms with Crippen LogP contribution in [0.2, 0.25) is 0 Å². The summed E-state index contributed by atoms with van der Waals surface area (Å²) >= 11 is 0. The van der Waals surface area contributed by atoms with Gasteiger partial charge in [0.05, 0.1) is 13.4 Å². The molecular formula is C11H14O. The molecule has 0 amide bonds. The molecule has 1 nitrogen and oxygen atoms in total. The lowest BCUT2D eigenvalue weighted by atomic mass is 10.1. The van der Waals surface area contributed by atoms with Gasteiger partial charge in [0.1, 0.15) is 0 Å². The van der Waals surface area contributed by atoms with E-state index in [4.69, 9.17) is 4.74 Å². The Morgan fingerprint density at radius 3 is 2.42 bits per heavy atom. The maximum Gasteiger partial charge on any atom is 0.0830 e. The molecule has 0 aliphatic heterocycles. The number of hydrogen-bond acceptors (Lipinski definition) is 1. The minimum atomic E-state index is 1.09. The minimum absolute atomic E-state index is 1.09. The van der Waals surface area contributed by atoms with E-state index in [9.17, 15) is 0 Å². The second-order valence-electron chi connectivity index (χ2n) is 2.63. The molecule has 1 aromatic carbocycles. The van der Waals surface area contributed by atoms with Crippen LogP contribution in [-0.4, -0.2) is 7.11 Å². The van der Waals surface area contributed by atoms with E-state index < -0.39 is 0 Å². The van der Waals surface area contributed by atoms with Gasteiger partial charge in [-0.25, -0.2) is 0 Å². The van der Waals surface area contributed by atoms with Crippen LogP contribution in [0.25, 0.3) is 6.08 Å². The topological polar surface area (TPSA) is 9.23 Å². The van der Waals surface area contributed by atoms with Crippen molar-refractivity contribution in [2.24, 2.45) is 0 Å². The molecule has 0 atom stereocenters. The van der Waals surface area contributed by atoms with Crippen molar-refractivity contribution in [2.45, 2.75) is 13.3 Å². The van der Waals surface area contributed by atoms with Crippen LogP contribution >= 0.6 is 0 Å². The first kappa shape index (κ1) is 8.85. The molecule has 0 heterocycles. The molecule has 0 radical (unpaired) electrons. The van der Waals surface area contributed by atoms with Gasteiger partial charge in [-0.15, -0.1) is 0 Å². The number of hydrogen-bond donors (Lipinski definition) is 0. The molecule has 1 heteroatoms. The van der Waals surface area contributed by atoms with Gasteiger partial charge >= 0.3 is 0 Å². The highest BCUT2D eigenvalue weighted by Crippen LogP contribution is 2.06. The van der Waals surface area contributed by atoms with Crippen molar-refractivity contribution in [2.75, 3.05) is 7.11 Å². The molecule has 12 heavy (non-hydrogen) atoms. The van der Waals surface area contributed by atoms with Gasteiger partial charge in [0.2, 0.25) is 0 Å². The fraction of sp³-hybridized carbons (Fsp3) is 0.273. The SMILES string of the molecule is CCc1ccc(C=COC)cc1. The van der Waals surface area contributed by atoms with E-state index in [0.717, 1.165) is 6.42 Å². The fourth-order valence-corrected chi connectivity index (χ4v) is 1.01. The molecule has 0 aliphatic carbocycles. The zero-order valence-corrected chi connectivity index (χ0v) is 7.58. The van der Waals surface area contributed by atoms with Crippen molar-refractivity contribution in [1.29, 1.82) is 0 Å². The highest BCUT2D eigenvalue weighted by atomic mass is 16.5. The number of methoxy groups -OCH3 is 1. The van der Waals surface area contributed by atoms with Gasteiger partial charge in [0.25, 0.3) is 0 Å². The van der Waals surface area contributed by atoms with Crippen LogP contribution in [0.4, 0.5) is 0 Å². The zero-order valence-electron chi connectivity index (χ0n) is 7.58. The maximum atomic E-state index is 4.82. The number of benzene rings is 1. The van der Waals surface area contributed by atoms with E-state index in [1.54, 1.807) is 13.4 Å². The Balaban J connectivity index is 2.71. The van der Waals surface area contributed by atoms with Gasteiger partial charge in [-0.3, -0.25) is 0 Å². The molecule has 0 aromatic heterocycles. The highest BCUT2D eigenvalue weighted by molar-refractivity contribution is 5.48. The van der Waals surface area contributed by atoms with E-state index in [0.29, 0.717) is 0 Å². The second kappa shape index (κ2) is 4.60. The minimum Gasteiger partial charge on any atom is -0.504 e. The first-order valence-electron chi connectivity index (χ1n) is 4.15. The summed E-state index contributed by atoms with van der Waals surface area (Å²) < 4.78 is 4.82. The monoisotopic (exact) mass is 162 g/mol. The van der Waals surface area contributed by atoms with Crippen molar-refractivity contribution in [3.63, 3.8) is 0 Å². The Morgan fingerprint density at radius 2 is 1.92 bits per heavy atom. The summed E-state index contributed by atoms with van der Waals surface area (Å²) in [5.41, 5.74) is 2.54. The molecule has 1 aromatic rings. The predicted octanol–water partition coefficient (Wildman–Crippen LogP) is 2.87. The predicted molar refractivity (Wildman–Crippen MR) is 51.9 cm³/mol. The molecule has 64 valence electrons. The van der Waals surface area contributed by atoms with Gasteiger partial charge in [-0.05, 0) is 23.6 Å². The van der Waals surface area contributed by atoms with Crippen molar-refractivity contribution >= 4 is 6.08 Å². The summed E-state index contributed by atoms with van der Waals surface area (Å²) in [6, 6.07) is 8.45. The standard InChI is InChI=1S/C11H14O/c1-3-10-4-6-11(7-5-10)8-9-12-2/h4-9H,3H2,1-2H3. The van der Waals surface area contributed by atoms with Gasteiger partial charge in [0.15, 0.2) is 0 Å². The Bertz CT molecular complexity index is 246. The van der Waals surface area contributed by atoms with Crippen LogP contribution in [0, 0.1) is 0 Å². The summed E-state index contributed by atoms with van der Waals surface area (Å²) in [5.74, 6) is 0. The van der Waals surface area contributed by atoms with Crippen LogP contribution in [-0.2, 0) is 11.2 Å². The number of rotatable bonds is 3. The molecule has 0 spiro atoms. The van der Waals surface area contributed by atoms with Crippen molar-refractivity contribution in [3.8, 4) is 0 Å². The first-order valence-corrected chi connectivity index (χ1v) is 4.15. The van der Waals surface area contributed by atoms with Gasteiger partial charge in [-0.1, -0.05) is 31.2 Å². The summed E-state index contributed by atoms with van der Waals surface area (Å²) in [5, 5.41) is 0.